The highest BCUT2D eigenvalue weighted by Gasteiger charge is 2.28. The molecule has 2 heterocycles. The van der Waals surface area contributed by atoms with Crippen molar-refractivity contribution in [2.45, 2.75) is 45.4 Å². The van der Waals surface area contributed by atoms with Crippen LogP contribution in [0.4, 0.5) is 4.79 Å². The lowest BCUT2D eigenvalue weighted by Gasteiger charge is -2.35. The molecular formula is C20H34N5O4S+. The molecule has 1 saturated heterocycles. The number of imidazole rings is 1. The third-order valence-corrected chi connectivity index (χ3v) is 6.37. The van der Waals surface area contributed by atoms with Gasteiger partial charge >= 0.3 is 11.2 Å². The highest BCUT2D eigenvalue weighted by molar-refractivity contribution is 7.99. The van der Waals surface area contributed by atoms with Crippen LogP contribution in [0.1, 0.15) is 32.2 Å². The molecule has 1 aliphatic heterocycles. The smallest absolute Gasteiger partial charge is 0.410 e. The van der Waals surface area contributed by atoms with Crippen LogP contribution in [0.5, 0.6) is 0 Å². The Labute approximate surface area is 182 Å². The van der Waals surface area contributed by atoms with Crippen LogP contribution in [0.25, 0.3) is 0 Å². The molecule has 1 N–H and O–H groups in total. The van der Waals surface area contributed by atoms with Crippen molar-refractivity contribution in [2.75, 3.05) is 38.5 Å². The summed E-state index contributed by atoms with van der Waals surface area (Å²) in [5, 5.41) is 3.69. The van der Waals surface area contributed by atoms with Crippen LogP contribution in [0.15, 0.2) is 5.16 Å². The summed E-state index contributed by atoms with van der Waals surface area (Å²) >= 11 is 1.44. The summed E-state index contributed by atoms with van der Waals surface area (Å²) in [6, 6.07) is 0. The topological polar surface area (TPSA) is 87.8 Å². The third-order valence-electron chi connectivity index (χ3n) is 5.16. The van der Waals surface area contributed by atoms with Gasteiger partial charge in [0.2, 0.25) is 11.8 Å². The largest absolute Gasteiger partial charge is 0.444 e. The van der Waals surface area contributed by atoms with Crippen molar-refractivity contribution < 1.29 is 23.7 Å². The predicted molar refractivity (Wildman–Crippen MR) is 114 cm³/mol. The average molecular weight is 441 g/mol. The Bertz CT molecular complexity index is 782. The van der Waals surface area contributed by atoms with E-state index in [2.05, 4.69) is 14.5 Å². The molecule has 1 aliphatic rings. The Morgan fingerprint density at radius 2 is 1.67 bits per heavy atom. The van der Waals surface area contributed by atoms with Crippen LogP contribution < -0.4 is 9.88 Å². The van der Waals surface area contributed by atoms with Gasteiger partial charge in [0, 0.05) is 40.0 Å². The summed E-state index contributed by atoms with van der Waals surface area (Å²) in [5.41, 5.74) is 1.77. The number of aromatic nitrogens is 2. The number of thioether (sulfide) groups is 1. The first-order valence-electron chi connectivity index (χ1n) is 10.1. The van der Waals surface area contributed by atoms with Gasteiger partial charge in [0.15, 0.2) is 0 Å². The molecule has 0 spiro atoms. The zero-order valence-corrected chi connectivity index (χ0v) is 19.9. The highest BCUT2D eigenvalue weighted by Crippen LogP contribution is 2.17. The van der Waals surface area contributed by atoms with Crippen molar-refractivity contribution in [3.05, 3.63) is 11.4 Å². The molecule has 0 bridgehead atoms. The molecule has 10 heteroatoms. The molecule has 1 aromatic rings. The number of piperazine rings is 1. The van der Waals surface area contributed by atoms with E-state index in [4.69, 9.17) is 4.74 Å². The van der Waals surface area contributed by atoms with Gasteiger partial charge in [-0.1, -0.05) is 0 Å². The zero-order chi connectivity index (χ0) is 22.6. The summed E-state index contributed by atoms with van der Waals surface area (Å²) in [6.45, 7) is 11.2. The molecule has 0 unspecified atom stereocenters. The van der Waals surface area contributed by atoms with E-state index in [0.29, 0.717) is 26.2 Å². The fraction of sp³-hybridized carbons (Fsp3) is 0.700. The Morgan fingerprint density at radius 3 is 2.17 bits per heavy atom. The molecule has 2 rings (SSSR count). The fourth-order valence-corrected chi connectivity index (χ4v) is 4.15. The first-order chi connectivity index (χ1) is 13.9. The van der Waals surface area contributed by atoms with Crippen LogP contribution in [-0.2, 0) is 28.4 Å². The predicted octanol–water partition coefficient (Wildman–Crippen LogP) is 0.754. The number of rotatable bonds is 5. The maximum atomic E-state index is 12.4. The van der Waals surface area contributed by atoms with E-state index in [1.54, 1.807) is 9.80 Å². The molecule has 168 valence electrons. The molecule has 0 aromatic carbocycles. The molecule has 9 nitrogen and oxygen atoms in total. The standard InChI is InChI=1S/C20H33N5O4S/c1-14-15(2)23(7)18(22(14)6)30-13-16(26)21-12-17(27)24-8-10-25(11-9-24)19(28)29-20(3,4)5/h8-13H2,1-7H3/p+1. The van der Waals surface area contributed by atoms with Gasteiger partial charge in [-0.2, -0.15) is 0 Å². The van der Waals surface area contributed by atoms with Crippen molar-refractivity contribution in [1.82, 2.24) is 19.7 Å². The van der Waals surface area contributed by atoms with E-state index >= 15 is 0 Å². The normalized spacial score (nSPS) is 14.6. The number of carbonyl (C=O) groups excluding carboxylic acids is 3. The fourth-order valence-electron chi connectivity index (χ4n) is 3.12. The van der Waals surface area contributed by atoms with Crippen molar-refractivity contribution >= 4 is 29.7 Å². The second-order valence-corrected chi connectivity index (χ2v) is 9.43. The number of carbonyl (C=O) groups is 3. The molecule has 3 amide bonds. The molecule has 1 fully saturated rings. The van der Waals surface area contributed by atoms with Crippen LogP contribution in [0.2, 0.25) is 0 Å². The van der Waals surface area contributed by atoms with Gasteiger partial charge in [-0.05, 0) is 32.5 Å². The Kier molecular flexibility index (Phi) is 7.79. The van der Waals surface area contributed by atoms with E-state index in [-0.39, 0.29) is 30.2 Å². The Morgan fingerprint density at radius 1 is 1.10 bits per heavy atom. The van der Waals surface area contributed by atoms with Gasteiger partial charge in [0.1, 0.15) is 17.0 Å². The SMILES string of the molecule is Cc1c(C)[n+](C)c(SCC(=O)NCC(=O)N2CCN(C(=O)OC(C)(C)C)CC2)n1C. The molecule has 0 radical (unpaired) electrons. The molecular weight excluding hydrogens is 406 g/mol. The molecule has 30 heavy (non-hydrogen) atoms. The first-order valence-corrected chi connectivity index (χ1v) is 11.1. The highest BCUT2D eigenvalue weighted by atomic mass is 32.2. The summed E-state index contributed by atoms with van der Waals surface area (Å²) in [5.74, 6) is -0.0878. The summed E-state index contributed by atoms with van der Waals surface area (Å²) < 4.78 is 9.48. The minimum Gasteiger partial charge on any atom is -0.444 e. The second-order valence-electron chi connectivity index (χ2n) is 8.49. The quantitative estimate of drug-likeness (QED) is 0.539. The number of nitrogens with one attached hydrogen (secondary N) is 1. The van der Waals surface area contributed by atoms with E-state index < -0.39 is 5.60 Å². The second kappa shape index (κ2) is 9.72. The van der Waals surface area contributed by atoms with Crippen molar-refractivity contribution in [3.63, 3.8) is 0 Å². The zero-order valence-electron chi connectivity index (χ0n) is 19.1. The van der Waals surface area contributed by atoms with E-state index in [1.807, 2.05) is 48.7 Å². The van der Waals surface area contributed by atoms with Gasteiger partial charge in [0.05, 0.1) is 26.4 Å². The monoisotopic (exact) mass is 440 g/mol. The van der Waals surface area contributed by atoms with E-state index in [0.717, 1.165) is 16.5 Å². The van der Waals surface area contributed by atoms with Gasteiger partial charge in [-0.15, -0.1) is 0 Å². The minimum atomic E-state index is -0.541. The molecule has 0 atom stereocenters. The number of nitrogens with zero attached hydrogens (tertiary/aromatic N) is 4. The van der Waals surface area contributed by atoms with Crippen LogP contribution >= 0.6 is 11.8 Å². The number of amides is 3. The Balaban J connectivity index is 1.74. The average Bonchev–Trinajstić information content (AvgIpc) is 2.86. The number of hydrogen-bond donors (Lipinski definition) is 1. The summed E-state index contributed by atoms with van der Waals surface area (Å²) in [7, 11) is 3.95. The van der Waals surface area contributed by atoms with Gasteiger partial charge in [-0.3, -0.25) is 9.59 Å². The molecule has 0 saturated carbocycles. The lowest BCUT2D eigenvalue weighted by molar-refractivity contribution is -0.715. The number of ether oxygens (including phenoxy) is 1. The van der Waals surface area contributed by atoms with E-state index in [9.17, 15) is 14.4 Å². The first kappa shape index (κ1) is 24.0. The minimum absolute atomic E-state index is 0.0385. The van der Waals surface area contributed by atoms with Crippen molar-refractivity contribution in [3.8, 4) is 0 Å². The number of hydrogen-bond acceptors (Lipinski definition) is 5. The van der Waals surface area contributed by atoms with E-state index in [1.165, 1.54) is 11.8 Å². The van der Waals surface area contributed by atoms with Gasteiger partial charge in [0.25, 0.3) is 0 Å². The lowest BCUT2D eigenvalue weighted by atomic mass is 10.2. The van der Waals surface area contributed by atoms with Crippen LogP contribution in [0.3, 0.4) is 0 Å². The maximum absolute atomic E-state index is 12.4. The molecule has 1 aromatic heterocycles. The van der Waals surface area contributed by atoms with Gasteiger partial charge < -0.3 is 19.9 Å². The van der Waals surface area contributed by atoms with Crippen LogP contribution in [-0.4, -0.2) is 76.4 Å². The van der Waals surface area contributed by atoms with Crippen LogP contribution in [0, 0.1) is 13.8 Å². The maximum Gasteiger partial charge on any atom is 0.410 e. The Hall–Kier alpha value is -2.23. The van der Waals surface area contributed by atoms with Crippen molar-refractivity contribution in [2.24, 2.45) is 14.1 Å². The van der Waals surface area contributed by atoms with Gasteiger partial charge in [-0.25, -0.2) is 13.9 Å². The van der Waals surface area contributed by atoms with Crippen molar-refractivity contribution in [1.29, 1.82) is 0 Å². The lowest BCUT2D eigenvalue weighted by Crippen LogP contribution is -2.53. The summed E-state index contributed by atoms with van der Waals surface area (Å²) in [6.07, 6.45) is -0.362. The third kappa shape index (κ3) is 6.13. The summed E-state index contributed by atoms with van der Waals surface area (Å²) in [4.78, 5) is 40.0. The molecule has 0 aliphatic carbocycles.